The van der Waals surface area contributed by atoms with E-state index in [1.165, 1.54) is 0 Å². The van der Waals surface area contributed by atoms with Crippen molar-refractivity contribution in [2.45, 2.75) is 6.42 Å². The van der Waals surface area contributed by atoms with Gasteiger partial charge in [0.1, 0.15) is 0 Å². The van der Waals surface area contributed by atoms with Crippen molar-refractivity contribution in [2.24, 2.45) is 5.92 Å². The van der Waals surface area contributed by atoms with Gasteiger partial charge in [-0.1, -0.05) is 0 Å². The molecule has 1 nitrogen and oxygen atoms in total. The molecule has 1 fully saturated rings. The first-order chi connectivity index (χ1) is 3.43. The lowest BCUT2D eigenvalue weighted by Gasteiger charge is -1.94. The molecule has 0 bridgehead atoms. The highest BCUT2D eigenvalue weighted by molar-refractivity contribution is 4.61. The summed E-state index contributed by atoms with van der Waals surface area (Å²) in [6.45, 7) is 1.19. The number of ether oxygens (including phenoxy) is 1. The fraction of sp³-hybridized carbons (Fsp3) is 1.00. The molecule has 0 aromatic heterocycles. The number of hydrogen-bond donors (Lipinski definition) is 0. The summed E-state index contributed by atoms with van der Waals surface area (Å²) in [5.41, 5.74) is 0. The summed E-state index contributed by atoms with van der Waals surface area (Å²) < 4.78 is 16.5. The monoisotopic (exact) mass is 104 g/mol. The minimum Gasteiger partial charge on any atom is -0.381 e. The Morgan fingerprint density at radius 2 is 2.57 bits per heavy atom. The van der Waals surface area contributed by atoms with E-state index in [0.717, 1.165) is 13.0 Å². The van der Waals surface area contributed by atoms with Crippen molar-refractivity contribution >= 4 is 0 Å². The SMILES string of the molecule is FC[C@H]1CCOC1. The molecule has 0 unspecified atom stereocenters. The van der Waals surface area contributed by atoms with Crippen molar-refractivity contribution in [1.82, 2.24) is 0 Å². The van der Waals surface area contributed by atoms with E-state index in [-0.39, 0.29) is 12.6 Å². The van der Waals surface area contributed by atoms with E-state index in [0.29, 0.717) is 6.61 Å². The summed E-state index contributed by atoms with van der Waals surface area (Å²) in [5.74, 6) is 0.208. The molecule has 0 aliphatic carbocycles. The van der Waals surface area contributed by atoms with Crippen LogP contribution in [0.4, 0.5) is 4.39 Å². The van der Waals surface area contributed by atoms with Gasteiger partial charge in [0.2, 0.25) is 0 Å². The Bertz CT molecular complexity index is 50.0. The van der Waals surface area contributed by atoms with Gasteiger partial charge in [0.25, 0.3) is 0 Å². The molecule has 0 N–H and O–H groups in total. The molecule has 0 spiro atoms. The average Bonchev–Trinajstić information content (AvgIpc) is 2.14. The second-order valence-electron chi connectivity index (χ2n) is 1.88. The second-order valence-corrected chi connectivity index (χ2v) is 1.88. The zero-order valence-electron chi connectivity index (χ0n) is 4.19. The standard InChI is InChI=1S/C5H9FO/c6-3-5-1-2-7-4-5/h5H,1-4H2/t5-/m1/s1. The zero-order chi connectivity index (χ0) is 5.11. The summed E-state index contributed by atoms with van der Waals surface area (Å²) in [4.78, 5) is 0. The molecule has 1 heterocycles. The minimum atomic E-state index is -0.208. The van der Waals surface area contributed by atoms with E-state index < -0.39 is 0 Å². The first-order valence-corrected chi connectivity index (χ1v) is 2.57. The van der Waals surface area contributed by atoms with Gasteiger partial charge in [-0.3, -0.25) is 4.39 Å². The Morgan fingerprint density at radius 3 is 2.86 bits per heavy atom. The lowest BCUT2D eigenvalue weighted by Crippen LogP contribution is -1.99. The van der Waals surface area contributed by atoms with Crippen molar-refractivity contribution < 1.29 is 9.13 Å². The molecule has 1 rings (SSSR count). The zero-order valence-corrected chi connectivity index (χ0v) is 4.19. The van der Waals surface area contributed by atoms with E-state index in [2.05, 4.69) is 0 Å². The molecule has 1 saturated heterocycles. The predicted octanol–water partition coefficient (Wildman–Crippen LogP) is 0.992. The van der Waals surface area contributed by atoms with E-state index in [9.17, 15) is 4.39 Å². The van der Waals surface area contributed by atoms with E-state index in [4.69, 9.17) is 4.74 Å². The van der Waals surface area contributed by atoms with Crippen LogP contribution in [0.15, 0.2) is 0 Å². The molecule has 7 heavy (non-hydrogen) atoms. The third-order valence-electron chi connectivity index (χ3n) is 1.24. The Kier molecular flexibility index (Phi) is 1.63. The number of rotatable bonds is 1. The Morgan fingerprint density at radius 1 is 1.71 bits per heavy atom. The highest BCUT2D eigenvalue weighted by Gasteiger charge is 2.13. The Balaban J connectivity index is 2.14. The largest absolute Gasteiger partial charge is 0.381 e. The number of alkyl halides is 1. The van der Waals surface area contributed by atoms with E-state index in [1.807, 2.05) is 0 Å². The highest BCUT2D eigenvalue weighted by Crippen LogP contribution is 2.11. The summed E-state index contributed by atoms with van der Waals surface area (Å²) in [5, 5.41) is 0. The van der Waals surface area contributed by atoms with Crippen molar-refractivity contribution in [3.63, 3.8) is 0 Å². The molecule has 0 saturated carbocycles. The molecule has 0 aromatic rings. The molecule has 0 amide bonds. The maximum absolute atomic E-state index is 11.6. The third-order valence-corrected chi connectivity index (χ3v) is 1.24. The molecule has 42 valence electrons. The lowest BCUT2D eigenvalue weighted by molar-refractivity contribution is 0.179. The maximum Gasteiger partial charge on any atom is 0.0945 e. The van der Waals surface area contributed by atoms with Gasteiger partial charge in [-0.15, -0.1) is 0 Å². The average molecular weight is 104 g/mol. The predicted molar refractivity (Wildman–Crippen MR) is 24.9 cm³/mol. The van der Waals surface area contributed by atoms with Crippen LogP contribution in [0.3, 0.4) is 0 Å². The van der Waals surface area contributed by atoms with Crippen molar-refractivity contribution in [3.05, 3.63) is 0 Å². The fourth-order valence-electron chi connectivity index (χ4n) is 0.705. The van der Waals surface area contributed by atoms with Crippen LogP contribution in [0.25, 0.3) is 0 Å². The van der Waals surface area contributed by atoms with Crippen molar-refractivity contribution in [2.75, 3.05) is 19.9 Å². The number of hydrogen-bond acceptors (Lipinski definition) is 1. The van der Waals surface area contributed by atoms with Crippen molar-refractivity contribution in [3.8, 4) is 0 Å². The first kappa shape index (κ1) is 5.04. The maximum atomic E-state index is 11.6. The van der Waals surface area contributed by atoms with Gasteiger partial charge in [0, 0.05) is 12.5 Å². The van der Waals surface area contributed by atoms with Crippen LogP contribution >= 0.6 is 0 Å². The summed E-state index contributed by atoms with van der Waals surface area (Å²) in [6, 6.07) is 0. The van der Waals surface area contributed by atoms with Crippen LogP contribution in [0, 0.1) is 5.92 Å². The van der Waals surface area contributed by atoms with E-state index in [1.54, 1.807) is 0 Å². The molecule has 0 radical (unpaired) electrons. The smallest absolute Gasteiger partial charge is 0.0945 e. The van der Waals surface area contributed by atoms with Gasteiger partial charge in [-0.25, -0.2) is 0 Å². The molecule has 1 aliphatic heterocycles. The van der Waals surface area contributed by atoms with Crippen LogP contribution in [-0.4, -0.2) is 19.9 Å². The normalized spacial score (nSPS) is 31.3. The third kappa shape index (κ3) is 1.13. The second kappa shape index (κ2) is 2.26. The van der Waals surface area contributed by atoms with Gasteiger partial charge in [0.15, 0.2) is 0 Å². The molecule has 1 aliphatic rings. The topological polar surface area (TPSA) is 9.23 Å². The Labute approximate surface area is 42.5 Å². The van der Waals surface area contributed by atoms with Crippen LogP contribution in [0.1, 0.15) is 6.42 Å². The molecular formula is C5H9FO. The van der Waals surface area contributed by atoms with Crippen molar-refractivity contribution in [1.29, 1.82) is 0 Å². The quantitative estimate of drug-likeness (QED) is 0.482. The minimum absolute atomic E-state index is 0.208. The summed E-state index contributed by atoms with van der Waals surface area (Å²) >= 11 is 0. The van der Waals surface area contributed by atoms with Gasteiger partial charge >= 0.3 is 0 Å². The van der Waals surface area contributed by atoms with Crippen LogP contribution in [0.5, 0.6) is 0 Å². The summed E-state index contributed by atoms with van der Waals surface area (Å²) in [7, 11) is 0. The van der Waals surface area contributed by atoms with Gasteiger partial charge in [0.05, 0.1) is 13.3 Å². The Hall–Kier alpha value is -0.110. The molecule has 2 heteroatoms. The van der Waals surface area contributed by atoms with Gasteiger partial charge in [-0.05, 0) is 6.42 Å². The van der Waals surface area contributed by atoms with Gasteiger partial charge < -0.3 is 4.74 Å². The van der Waals surface area contributed by atoms with E-state index >= 15 is 0 Å². The van der Waals surface area contributed by atoms with Crippen LogP contribution < -0.4 is 0 Å². The molecule has 1 atom stereocenters. The molecule has 0 aromatic carbocycles. The first-order valence-electron chi connectivity index (χ1n) is 2.57. The van der Waals surface area contributed by atoms with Gasteiger partial charge in [-0.2, -0.15) is 0 Å². The fourth-order valence-corrected chi connectivity index (χ4v) is 0.705. The van der Waals surface area contributed by atoms with Crippen LogP contribution in [-0.2, 0) is 4.74 Å². The number of halogens is 1. The highest BCUT2D eigenvalue weighted by atomic mass is 19.1. The summed E-state index contributed by atoms with van der Waals surface area (Å²) in [6.07, 6.45) is 0.913. The van der Waals surface area contributed by atoms with Crippen LogP contribution in [0.2, 0.25) is 0 Å². The molecular weight excluding hydrogens is 95.1 g/mol. The lowest BCUT2D eigenvalue weighted by atomic mass is 10.1.